The van der Waals surface area contributed by atoms with Gasteiger partial charge in [0.15, 0.2) is 0 Å². The minimum absolute atomic E-state index is 0.0225. The molecular formula is C14H25BO2Si. The van der Waals surface area contributed by atoms with E-state index in [1.165, 1.54) is 0 Å². The highest BCUT2D eigenvalue weighted by Gasteiger charge is 2.64. The van der Waals surface area contributed by atoms with Crippen LogP contribution < -0.4 is 0 Å². The van der Waals surface area contributed by atoms with Gasteiger partial charge in [-0.3, -0.25) is 0 Å². The quantitative estimate of drug-likeness (QED) is 0.533. The summed E-state index contributed by atoms with van der Waals surface area (Å²) in [5.74, 6) is 3.49. The molecule has 0 unspecified atom stereocenters. The van der Waals surface area contributed by atoms with E-state index in [1.807, 2.05) is 0 Å². The predicted octanol–water partition coefficient (Wildman–Crippen LogP) is 3.49. The Morgan fingerprint density at radius 3 is 1.72 bits per heavy atom. The van der Waals surface area contributed by atoms with Crippen LogP contribution in [-0.2, 0) is 9.31 Å². The van der Waals surface area contributed by atoms with Crippen molar-refractivity contribution in [1.29, 1.82) is 0 Å². The van der Waals surface area contributed by atoms with Crippen molar-refractivity contribution >= 4 is 15.2 Å². The Morgan fingerprint density at radius 2 is 1.39 bits per heavy atom. The molecule has 1 saturated carbocycles. The average molecular weight is 264 g/mol. The molecule has 0 aromatic rings. The van der Waals surface area contributed by atoms with Gasteiger partial charge in [-0.05, 0) is 40.5 Å². The third kappa shape index (κ3) is 2.54. The third-order valence-corrected chi connectivity index (χ3v) is 5.05. The molecule has 1 aliphatic carbocycles. The van der Waals surface area contributed by atoms with Crippen molar-refractivity contribution in [3.05, 3.63) is 0 Å². The van der Waals surface area contributed by atoms with Gasteiger partial charge in [-0.2, -0.15) is 0 Å². The SMILES string of the molecule is CC1(C)OB(C2(C#C[Si](C)(C)C)CC2)OC1(C)C. The maximum Gasteiger partial charge on any atom is 0.477 e. The number of hydrogen-bond acceptors (Lipinski definition) is 2. The maximum atomic E-state index is 6.15. The molecule has 0 N–H and O–H groups in total. The molecule has 0 radical (unpaired) electrons. The highest BCUT2D eigenvalue weighted by atomic mass is 28.3. The molecule has 0 aromatic carbocycles. The molecule has 0 atom stereocenters. The molecule has 100 valence electrons. The summed E-state index contributed by atoms with van der Waals surface area (Å²) in [6, 6.07) is 0. The molecule has 1 heterocycles. The lowest BCUT2D eigenvalue weighted by atomic mass is 9.69. The molecule has 0 spiro atoms. The van der Waals surface area contributed by atoms with E-state index in [0.29, 0.717) is 0 Å². The second-order valence-corrected chi connectivity index (χ2v) is 12.5. The van der Waals surface area contributed by atoms with Gasteiger partial charge in [0.2, 0.25) is 0 Å². The van der Waals surface area contributed by atoms with Crippen LogP contribution in [0.3, 0.4) is 0 Å². The minimum Gasteiger partial charge on any atom is -0.402 e. The minimum atomic E-state index is -1.32. The van der Waals surface area contributed by atoms with Gasteiger partial charge in [0.25, 0.3) is 0 Å². The fourth-order valence-corrected chi connectivity index (χ4v) is 2.56. The Hall–Kier alpha value is -0.238. The number of rotatable bonds is 1. The zero-order chi connectivity index (χ0) is 13.8. The van der Waals surface area contributed by atoms with E-state index in [4.69, 9.17) is 9.31 Å². The van der Waals surface area contributed by atoms with Crippen molar-refractivity contribution in [2.45, 2.75) is 76.7 Å². The first kappa shape index (κ1) is 14.2. The van der Waals surface area contributed by atoms with Crippen molar-refractivity contribution in [3.8, 4) is 11.5 Å². The van der Waals surface area contributed by atoms with Crippen molar-refractivity contribution in [1.82, 2.24) is 0 Å². The van der Waals surface area contributed by atoms with Crippen LogP contribution in [0.2, 0.25) is 25.0 Å². The van der Waals surface area contributed by atoms with Crippen LogP contribution in [0.5, 0.6) is 0 Å². The van der Waals surface area contributed by atoms with Gasteiger partial charge in [-0.15, -0.1) is 11.5 Å². The second kappa shape index (κ2) is 3.88. The van der Waals surface area contributed by atoms with E-state index in [2.05, 4.69) is 58.8 Å². The first-order valence-electron chi connectivity index (χ1n) is 6.88. The van der Waals surface area contributed by atoms with Crippen LogP contribution in [0, 0.1) is 11.5 Å². The smallest absolute Gasteiger partial charge is 0.402 e. The summed E-state index contributed by atoms with van der Waals surface area (Å²) in [6.45, 7) is 15.3. The fraction of sp³-hybridized carbons (Fsp3) is 0.857. The molecule has 4 heteroatoms. The summed E-state index contributed by atoms with van der Waals surface area (Å²) in [7, 11) is -1.47. The lowest BCUT2D eigenvalue weighted by Crippen LogP contribution is -2.41. The first-order valence-corrected chi connectivity index (χ1v) is 10.4. The van der Waals surface area contributed by atoms with Gasteiger partial charge < -0.3 is 9.31 Å². The largest absolute Gasteiger partial charge is 0.477 e. The van der Waals surface area contributed by atoms with E-state index >= 15 is 0 Å². The Labute approximate surface area is 113 Å². The van der Waals surface area contributed by atoms with Gasteiger partial charge in [-0.25, -0.2) is 0 Å². The van der Waals surface area contributed by atoms with Crippen LogP contribution in [0.1, 0.15) is 40.5 Å². The van der Waals surface area contributed by atoms with E-state index in [1.54, 1.807) is 0 Å². The van der Waals surface area contributed by atoms with Gasteiger partial charge >= 0.3 is 7.12 Å². The van der Waals surface area contributed by atoms with Crippen LogP contribution in [0.15, 0.2) is 0 Å². The first-order chi connectivity index (χ1) is 7.98. The van der Waals surface area contributed by atoms with Crippen molar-refractivity contribution < 1.29 is 9.31 Å². The summed E-state index contributed by atoms with van der Waals surface area (Å²) in [5.41, 5.74) is 3.00. The molecule has 2 fully saturated rings. The van der Waals surface area contributed by atoms with Gasteiger partial charge in [0, 0.05) is 0 Å². The maximum absolute atomic E-state index is 6.15. The van der Waals surface area contributed by atoms with Crippen LogP contribution in [0.25, 0.3) is 0 Å². The summed E-state index contributed by atoms with van der Waals surface area (Å²) in [6.07, 6.45) is 2.22. The van der Waals surface area contributed by atoms with Crippen molar-refractivity contribution in [2.75, 3.05) is 0 Å². The highest BCUT2D eigenvalue weighted by molar-refractivity contribution is 6.84. The summed E-state index contributed by atoms with van der Waals surface area (Å²) >= 11 is 0. The van der Waals surface area contributed by atoms with E-state index < -0.39 is 8.07 Å². The predicted molar refractivity (Wildman–Crippen MR) is 79.1 cm³/mol. The Morgan fingerprint density at radius 1 is 0.944 bits per heavy atom. The lowest BCUT2D eigenvalue weighted by Gasteiger charge is -2.32. The Balaban J connectivity index is 2.17. The topological polar surface area (TPSA) is 18.5 Å². The van der Waals surface area contributed by atoms with Gasteiger partial charge in [0.1, 0.15) is 8.07 Å². The fourth-order valence-electron chi connectivity index (χ4n) is 1.93. The summed E-state index contributed by atoms with van der Waals surface area (Å²) in [5, 5.41) is -0.0225. The molecule has 1 aliphatic heterocycles. The van der Waals surface area contributed by atoms with E-state index in [-0.39, 0.29) is 23.6 Å². The molecule has 2 rings (SSSR count). The van der Waals surface area contributed by atoms with Gasteiger partial charge in [0.05, 0.1) is 16.5 Å². The molecule has 18 heavy (non-hydrogen) atoms. The normalized spacial score (nSPS) is 27.6. The Bertz CT molecular complexity index is 392. The third-order valence-electron chi connectivity index (χ3n) is 4.18. The van der Waals surface area contributed by atoms with Gasteiger partial charge in [-0.1, -0.05) is 19.6 Å². The van der Waals surface area contributed by atoms with E-state index in [9.17, 15) is 0 Å². The molecular weight excluding hydrogens is 239 g/mol. The van der Waals surface area contributed by atoms with E-state index in [0.717, 1.165) is 12.8 Å². The standard InChI is InChI=1S/C14H25BO2Si/c1-12(2)13(3,4)17-15(16-12)14(8-9-14)10-11-18(5,6)7/h8-9H2,1-7H3. The van der Waals surface area contributed by atoms with Crippen molar-refractivity contribution in [3.63, 3.8) is 0 Å². The molecule has 0 bridgehead atoms. The molecule has 2 aliphatic rings. The van der Waals surface area contributed by atoms with Crippen LogP contribution in [-0.4, -0.2) is 26.4 Å². The lowest BCUT2D eigenvalue weighted by molar-refractivity contribution is 0.00578. The molecule has 0 amide bonds. The second-order valence-electron chi connectivity index (χ2n) is 7.74. The zero-order valence-corrected chi connectivity index (χ0v) is 13.8. The van der Waals surface area contributed by atoms with Crippen LogP contribution in [0.4, 0.5) is 0 Å². The van der Waals surface area contributed by atoms with Crippen molar-refractivity contribution in [2.24, 2.45) is 0 Å². The average Bonchev–Trinajstić information content (AvgIpc) is 2.88. The monoisotopic (exact) mass is 264 g/mol. The summed E-state index contributed by atoms with van der Waals surface area (Å²) in [4.78, 5) is 0. The zero-order valence-electron chi connectivity index (χ0n) is 12.8. The summed E-state index contributed by atoms with van der Waals surface area (Å²) < 4.78 is 12.3. The Kier molecular flexibility index (Phi) is 3.06. The number of hydrogen-bond donors (Lipinski definition) is 0. The molecule has 0 aromatic heterocycles. The highest BCUT2D eigenvalue weighted by Crippen LogP contribution is 2.59. The van der Waals surface area contributed by atoms with Crippen LogP contribution >= 0.6 is 0 Å². The molecule has 1 saturated heterocycles. The molecule has 2 nitrogen and oxygen atoms in total.